The van der Waals surface area contributed by atoms with Crippen molar-refractivity contribution in [2.75, 3.05) is 14.2 Å². The maximum Gasteiger partial charge on any atom is 0.243 e. The Balaban J connectivity index is 1.43. The van der Waals surface area contributed by atoms with E-state index in [1.807, 2.05) is 36.4 Å². The molecule has 1 amide bonds. The smallest absolute Gasteiger partial charge is 0.243 e. The molecule has 1 heterocycles. The van der Waals surface area contributed by atoms with E-state index in [2.05, 4.69) is 36.5 Å². The number of amides is 1. The number of hydrogen-bond acceptors (Lipinski definition) is 4. The van der Waals surface area contributed by atoms with Crippen molar-refractivity contribution in [3.8, 4) is 11.5 Å². The van der Waals surface area contributed by atoms with Crippen LogP contribution < -0.4 is 14.8 Å². The lowest BCUT2D eigenvalue weighted by molar-refractivity contribution is -0.117. The van der Waals surface area contributed by atoms with Gasteiger partial charge in [-0.1, -0.05) is 30.3 Å². The van der Waals surface area contributed by atoms with Gasteiger partial charge in [0.25, 0.3) is 0 Å². The molecule has 3 aromatic rings. The molecule has 1 N–H and O–H groups in total. The number of benzene rings is 2. The minimum absolute atomic E-state index is 0.0482. The molecule has 0 radical (unpaired) electrons. The van der Waals surface area contributed by atoms with Gasteiger partial charge in [0.05, 0.1) is 26.7 Å². The number of methoxy groups -OCH3 is 2. The van der Waals surface area contributed by atoms with Crippen LogP contribution in [0.15, 0.2) is 83.7 Å². The number of furan rings is 1. The van der Waals surface area contributed by atoms with Crippen molar-refractivity contribution in [2.24, 2.45) is 5.92 Å². The average molecular weight is 460 g/mol. The van der Waals surface area contributed by atoms with Crippen molar-refractivity contribution in [3.63, 3.8) is 0 Å². The summed E-state index contributed by atoms with van der Waals surface area (Å²) in [7, 11) is 3.37. The average Bonchev–Trinajstić information content (AvgIpc) is 3.38. The maximum atomic E-state index is 12.6. The summed E-state index contributed by atoms with van der Waals surface area (Å²) in [6.45, 7) is 2.05. The molecule has 34 heavy (non-hydrogen) atoms. The largest absolute Gasteiger partial charge is 0.497 e. The first-order chi connectivity index (χ1) is 16.5. The van der Waals surface area contributed by atoms with E-state index >= 15 is 0 Å². The minimum atomic E-state index is -0.198. The summed E-state index contributed by atoms with van der Waals surface area (Å²) in [5.41, 5.74) is 3.36. The molecule has 0 saturated heterocycles. The van der Waals surface area contributed by atoms with Crippen molar-refractivity contribution >= 4 is 5.91 Å². The topological polar surface area (TPSA) is 60.7 Å². The first-order valence-electron chi connectivity index (χ1n) is 11.8. The highest BCUT2D eigenvalue weighted by atomic mass is 16.5. The molecule has 5 nitrogen and oxygen atoms in total. The molecule has 0 unspecified atom stereocenters. The Morgan fingerprint density at radius 3 is 2.38 bits per heavy atom. The number of aryl methyl sites for hydroxylation is 1. The lowest BCUT2D eigenvalue weighted by Crippen LogP contribution is -2.31. The molecular formula is C29H33NO4. The molecule has 2 atom stereocenters. The maximum absolute atomic E-state index is 12.6. The minimum Gasteiger partial charge on any atom is -0.497 e. The lowest BCUT2D eigenvalue weighted by Gasteiger charge is -2.20. The van der Waals surface area contributed by atoms with Crippen LogP contribution >= 0.6 is 0 Å². The molecule has 2 aromatic carbocycles. The first-order valence-corrected chi connectivity index (χ1v) is 11.8. The van der Waals surface area contributed by atoms with Gasteiger partial charge < -0.3 is 19.2 Å². The third-order valence-electron chi connectivity index (χ3n) is 6.74. The van der Waals surface area contributed by atoms with Crippen LogP contribution in [-0.2, 0) is 16.6 Å². The monoisotopic (exact) mass is 459 g/mol. The number of hydrogen-bond donors (Lipinski definition) is 1. The van der Waals surface area contributed by atoms with E-state index in [0.717, 1.165) is 37.2 Å². The third kappa shape index (κ3) is 5.36. The zero-order valence-electron chi connectivity index (χ0n) is 20.1. The Labute approximate surface area is 201 Å². The van der Waals surface area contributed by atoms with Gasteiger partial charge in [0.2, 0.25) is 5.91 Å². The zero-order chi connectivity index (χ0) is 24.0. The normalized spacial score (nSPS) is 17.3. The van der Waals surface area contributed by atoms with Gasteiger partial charge in [-0.3, -0.25) is 4.79 Å². The van der Waals surface area contributed by atoms with E-state index < -0.39 is 0 Å². The lowest BCUT2D eigenvalue weighted by atomic mass is 9.85. The molecule has 1 aromatic heterocycles. The SMILES string of the molecule is COc1cccc(C2(c3cccc(OC)c3)C[C@@H]2C=CC(=O)N[C@@H](C)CCCc2ccoc2)c1. The molecule has 0 aliphatic heterocycles. The van der Waals surface area contributed by atoms with Crippen molar-refractivity contribution in [2.45, 2.75) is 44.1 Å². The fraction of sp³-hybridized carbons (Fsp3) is 0.345. The van der Waals surface area contributed by atoms with Crippen LogP contribution in [0.1, 0.15) is 42.9 Å². The van der Waals surface area contributed by atoms with Crippen molar-refractivity contribution in [1.29, 1.82) is 0 Å². The van der Waals surface area contributed by atoms with Gasteiger partial charge in [0.15, 0.2) is 0 Å². The van der Waals surface area contributed by atoms with Gasteiger partial charge in [-0.05, 0) is 91.6 Å². The van der Waals surface area contributed by atoms with Gasteiger partial charge in [0, 0.05) is 11.5 Å². The summed E-state index contributed by atoms with van der Waals surface area (Å²) < 4.78 is 16.1. The summed E-state index contributed by atoms with van der Waals surface area (Å²) in [5, 5.41) is 3.10. The molecule has 5 heteroatoms. The predicted octanol–water partition coefficient (Wildman–Crippen LogP) is 5.69. The van der Waals surface area contributed by atoms with Gasteiger partial charge in [-0.25, -0.2) is 0 Å². The first kappa shape index (κ1) is 23.7. The van der Waals surface area contributed by atoms with E-state index in [9.17, 15) is 4.79 Å². The number of rotatable bonds is 11. The molecule has 0 spiro atoms. The summed E-state index contributed by atoms with van der Waals surface area (Å²) in [5.74, 6) is 1.83. The number of allylic oxidation sites excluding steroid dienone is 1. The Hall–Kier alpha value is -3.47. The van der Waals surface area contributed by atoms with E-state index in [1.54, 1.807) is 32.8 Å². The van der Waals surface area contributed by atoms with Gasteiger partial charge in [0.1, 0.15) is 11.5 Å². The summed E-state index contributed by atoms with van der Waals surface area (Å²) in [4.78, 5) is 12.6. The van der Waals surface area contributed by atoms with Crippen LogP contribution in [0.4, 0.5) is 0 Å². The van der Waals surface area contributed by atoms with Crippen LogP contribution in [0.3, 0.4) is 0 Å². The highest BCUT2D eigenvalue weighted by molar-refractivity contribution is 5.87. The standard InChI is InChI=1S/C29H33NO4/c1-21(7-4-8-22-15-16-34-20-22)30-28(31)14-13-25-19-29(25,23-9-5-11-26(17-23)32-2)24-10-6-12-27(18-24)33-3/h5-6,9-18,20-21,25H,4,7-8,19H2,1-3H3,(H,30,31)/t21-,25-/m0/s1. The van der Waals surface area contributed by atoms with Crippen LogP contribution in [0, 0.1) is 5.92 Å². The van der Waals surface area contributed by atoms with E-state index in [1.165, 1.54) is 16.7 Å². The van der Waals surface area contributed by atoms with Gasteiger partial charge in [-0.15, -0.1) is 0 Å². The quantitative estimate of drug-likeness (QED) is 0.375. The molecule has 1 fully saturated rings. The van der Waals surface area contributed by atoms with E-state index in [-0.39, 0.29) is 23.3 Å². The zero-order valence-corrected chi connectivity index (χ0v) is 20.1. The second-order valence-electron chi connectivity index (χ2n) is 9.04. The van der Waals surface area contributed by atoms with Crippen molar-refractivity contribution in [3.05, 3.63) is 96.0 Å². The molecule has 1 aliphatic carbocycles. The molecule has 0 bridgehead atoms. The Morgan fingerprint density at radius 2 is 1.79 bits per heavy atom. The van der Waals surface area contributed by atoms with Crippen molar-refractivity contribution in [1.82, 2.24) is 5.32 Å². The van der Waals surface area contributed by atoms with Gasteiger partial charge in [-0.2, -0.15) is 0 Å². The van der Waals surface area contributed by atoms with Crippen molar-refractivity contribution < 1.29 is 18.7 Å². The molecular weight excluding hydrogens is 426 g/mol. The number of nitrogens with one attached hydrogen (secondary N) is 1. The van der Waals surface area contributed by atoms with Crippen LogP contribution in [-0.4, -0.2) is 26.2 Å². The van der Waals surface area contributed by atoms with E-state index in [0.29, 0.717) is 0 Å². The molecule has 4 rings (SSSR count). The molecule has 178 valence electrons. The molecule has 1 aliphatic rings. The summed E-state index contributed by atoms with van der Waals surface area (Å²) in [6, 6.07) is 18.5. The fourth-order valence-corrected chi connectivity index (χ4v) is 4.77. The highest BCUT2D eigenvalue weighted by Gasteiger charge is 2.55. The van der Waals surface area contributed by atoms with Crippen LogP contribution in [0.5, 0.6) is 11.5 Å². The predicted molar refractivity (Wildman–Crippen MR) is 133 cm³/mol. The third-order valence-corrected chi connectivity index (χ3v) is 6.74. The van der Waals surface area contributed by atoms with Crippen LogP contribution in [0.25, 0.3) is 0 Å². The summed E-state index contributed by atoms with van der Waals surface area (Å²) in [6.07, 6.45) is 11.0. The Kier molecular flexibility index (Phi) is 7.41. The number of ether oxygens (including phenoxy) is 2. The number of carbonyl (C=O) groups is 1. The van der Waals surface area contributed by atoms with E-state index in [4.69, 9.17) is 13.9 Å². The molecule has 1 saturated carbocycles. The Bertz CT molecular complexity index is 1070. The Morgan fingerprint density at radius 1 is 1.12 bits per heavy atom. The summed E-state index contributed by atoms with van der Waals surface area (Å²) >= 11 is 0. The second kappa shape index (κ2) is 10.6. The highest BCUT2D eigenvalue weighted by Crippen LogP contribution is 2.60. The second-order valence-corrected chi connectivity index (χ2v) is 9.04. The van der Waals surface area contributed by atoms with Crippen LogP contribution in [0.2, 0.25) is 0 Å². The fourth-order valence-electron chi connectivity index (χ4n) is 4.77. The van der Waals surface area contributed by atoms with Gasteiger partial charge >= 0.3 is 0 Å². The number of carbonyl (C=O) groups excluding carboxylic acids is 1.